The number of nitrogens with one attached hydrogen (secondary N) is 1. The van der Waals surface area contributed by atoms with E-state index in [1.807, 2.05) is 0 Å². The second-order valence-electron chi connectivity index (χ2n) is 5.79. The van der Waals surface area contributed by atoms with E-state index in [2.05, 4.69) is 46.9 Å². The Morgan fingerprint density at radius 1 is 1.17 bits per heavy atom. The van der Waals surface area contributed by atoms with E-state index in [4.69, 9.17) is 0 Å². The van der Waals surface area contributed by atoms with Gasteiger partial charge in [0.2, 0.25) is 0 Å². The van der Waals surface area contributed by atoms with E-state index < -0.39 is 0 Å². The molecule has 0 atom stereocenters. The smallest absolute Gasteiger partial charge is 0.274 e. The van der Waals surface area contributed by atoms with Crippen molar-refractivity contribution in [3.05, 3.63) is 57.8 Å². The van der Waals surface area contributed by atoms with Crippen molar-refractivity contribution in [2.45, 2.75) is 13.8 Å². The third kappa shape index (κ3) is 3.11. The van der Waals surface area contributed by atoms with Gasteiger partial charge in [-0.3, -0.25) is 9.59 Å². The highest BCUT2D eigenvalue weighted by atomic mass is 16.2. The molecule has 0 spiro atoms. The summed E-state index contributed by atoms with van der Waals surface area (Å²) in [5.41, 5.74) is 3.78. The summed E-state index contributed by atoms with van der Waals surface area (Å²) < 4.78 is 0. The van der Waals surface area contributed by atoms with Crippen LogP contribution in [-0.2, 0) is 0 Å². The van der Waals surface area contributed by atoms with Crippen molar-refractivity contribution in [3.63, 3.8) is 0 Å². The molecule has 1 N–H and O–H groups in total. The van der Waals surface area contributed by atoms with E-state index in [0.717, 1.165) is 19.3 Å². The number of hydrogen-bond donors (Lipinski definition) is 1. The summed E-state index contributed by atoms with van der Waals surface area (Å²) in [5.74, 6) is -0.137. The Morgan fingerprint density at radius 3 is 2.57 bits per heavy atom. The largest absolute Gasteiger partial charge is 0.368 e. The van der Waals surface area contributed by atoms with E-state index in [1.165, 1.54) is 23.0 Å². The van der Waals surface area contributed by atoms with Crippen LogP contribution >= 0.6 is 0 Å². The molecule has 6 nitrogen and oxygen atoms in total. The molecule has 0 saturated carbocycles. The number of nitrogens with zero attached hydrogens (tertiary/aromatic N) is 3. The van der Waals surface area contributed by atoms with Crippen molar-refractivity contribution in [2.75, 3.05) is 31.1 Å². The van der Waals surface area contributed by atoms with Crippen molar-refractivity contribution in [3.8, 4) is 0 Å². The summed E-state index contributed by atoms with van der Waals surface area (Å²) in [6.45, 7) is 7.12. The maximum Gasteiger partial charge on any atom is 0.274 e. The molecule has 3 rings (SSSR count). The van der Waals surface area contributed by atoms with E-state index in [-0.39, 0.29) is 17.2 Å². The predicted molar refractivity (Wildman–Crippen MR) is 88.9 cm³/mol. The maximum absolute atomic E-state index is 12.4. The van der Waals surface area contributed by atoms with E-state index >= 15 is 0 Å². The molecular weight excluding hydrogens is 292 g/mol. The van der Waals surface area contributed by atoms with Gasteiger partial charge in [-0.2, -0.15) is 0 Å². The Labute approximate surface area is 134 Å². The van der Waals surface area contributed by atoms with Crippen LogP contribution in [0, 0.1) is 13.8 Å². The van der Waals surface area contributed by atoms with Gasteiger partial charge in [-0.15, -0.1) is 0 Å². The minimum absolute atomic E-state index is 0.137. The van der Waals surface area contributed by atoms with Gasteiger partial charge in [-0.1, -0.05) is 12.1 Å². The standard InChI is InChI=1S/C17H20N4O2/c1-12-4-3-5-15(13(12)2)20-6-8-21(9-7-20)17(23)14-10-19-16(22)11-18-14/h3-5,10-11H,6-9H2,1-2H3,(H,19,22). The van der Waals surface area contributed by atoms with Crippen LogP contribution in [-0.4, -0.2) is 47.0 Å². The van der Waals surface area contributed by atoms with Crippen LogP contribution in [0.25, 0.3) is 0 Å². The highest BCUT2D eigenvalue weighted by Crippen LogP contribution is 2.24. The SMILES string of the molecule is Cc1cccc(N2CCN(C(=O)c3c[nH]c(=O)cn3)CC2)c1C. The van der Waals surface area contributed by atoms with Crippen molar-refractivity contribution in [2.24, 2.45) is 0 Å². The molecule has 1 aliphatic heterocycles. The Morgan fingerprint density at radius 2 is 1.91 bits per heavy atom. The Hall–Kier alpha value is -2.63. The third-order valence-corrected chi connectivity index (χ3v) is 4.37. The van der Waals surface area contributed by atoms with Crippen LogP contribution in [0.4, 0.5) is 5.69 Å². The minimum Gasteiger partial charge on any atom is -0.368 e. The van der Waals surface area contributed by atoms with Gasteiger partial charge in [0.1, 0.15) is 5.69 Å². The number of carbonyl (C=O) groups is 1. The second kappa shape index (κ2) is 6.24. The summed E-state index contributed by atoms with van der Waals surface area (Å²) in [5, 5.41) is 0. The van der Waals surface area contributed by atoms with Crippen molar-refractivity contribution in [1.82, 2.24) is 14.9 Å². The molecule has 1 amide bonds. The number of carbonyl (C=O) groups excluding carboxylic acids is 1. The topological polar surface area (TPSA) is 69.3 Å². The summed E-state index contributed by atoms with van der Waals surface area (Å²) in [7, 11) is 0. The molecule has 0 radical (unpaired) electrons. The lowest BCUT2D eigenvalue weighted by molar-refractivity contribution is 0.0740. The number of rotatable bonds is 2. The lowest BCUT2D eigenvalue weighted by atomic mass is 10.1. The third-order valence-electron chi connectivity index (χ3n) is 4.37. The summed E-state index contributed by atoms with van der Waals surface area (Å²) >= 11 is 0. The van der Waals surface area contributed by atoms with Gasteiger partial charge in [0.05, 0.1) is 6.20 Å². The van der Waals surface area contributed by atoms with Crippen LogP contribution in [0.2, 0.25) is 0 Å². The van der Waals surface area contributed by atoms with E-state index in [0.29, 0.717) is 13.1 Å². The molecule has 1 aromatic heterocycles. The zero-order valence-electron chi connectivity index (χ0n) is 13.4. The van der Waals surface area contributed by atoms with Crippen molar-refractivity contribution < 1.29 is 4.79 Å². The molecule has 0 aliphatic carbocycles. The van der Waals surface area contributed by atoms with Gasteiger partial charge < -0.3 is 14.8 Å². The van der Waals surface area contributed by atoms with Gasteiger partial charge in [-0.25, -0.2) is 4.98 Å². The molecule has 1 fully saturated rings. The normalized spacial score (nSPS) is 14.9. The quantitative estimate of drug-likeness (QED) is 0.909. The Bertz CT molecular complexity index is 756. The number of amides is 1. The van der Waals surface area contributed by atoms with Gasteiger partial charge in [0, 0.05) is 38.1 Å². The molecule has 0 unspecified atom stereocenters. The minimum atomic E-state index is -0.304. The molecule has 2 heterocycles. The molecule has 6 heteroatoms. The number of piperazine rings is 1. The fraction of sp³-hybridized carbons (Fsp3) is 0.353. The lowest BCUT2D eigenvalue weighted by Crippen LogP contribution is -2.49. The van der Waals surface area contributed by atoms with Crippen molar-refractivity contribution >= 4 is 11.6 Å². The van der Waals surface area contributed by atoms with E-state index in [9.17, 15) is 9.59 Å². The van der Waals surface area contributed by atoms with Gasteiger partial charge >= 0.3 is 0 Å². The predicted octanol–water partition coefficient (Wildman–Crippen LogP) is 1.35. The average molecular weight is 312 g/mol. The van der Waals surface area contributed by atoms with Crippen molar-refractivity contribution in [1.29, 1.82) is 0 Å². The first-order valence-electron chi connectivity index (χ1n) is 7.71. The van der Waals surface area contributed by atoms with Crippen LogP contribution in [0.1, 0.15) is 21.6 Å². The maximum atomic E-state index is 12.4. The zero-order chi connectivity index (χ0) is 16.4. The molecule has 1 aliphatic rings. The first-order valence-corrected chi connectivity index (χ1v) is 7.71. The highest BCUT2D eigenvalue weighted by molar-refractivity contribution is 5.92. The summed E-state index contributed by atoms with van der Waals surface area (Å²) in [6.07, 6.45) is 2.52. The zero-order valence-corrected chi connectivity index (χ0v) is 13.4. The molecule has 1 aromatic carbocycles. The Balaban J connectivity index is 1.68. The summed E-state index contributed by atoms with van der Waals surface area (Å²) in [4.78, 5) is 33.9. The van der Waals surface area contributed by atoms with Crippen LogP contribution in [0.15, 0.2) is 35.4 Å². The average Bonchev–Trinajstić information content (AvgIpc) is 2.58. The fourth-order valence-electron chi connectivity index (χ4n) is 2.85. The second-order valence-corrected chi connectivity index (χ2v) is 5.79. The van der Waals surface area contributed by atoms with Gasteiger partial charge in [0.15, 0.2) is 0 Å². The molecular formula is C17H20N4O2. The van der Waals surface area contributed by atoms with Crippen LogP contribution < -0.4 is 10.5 Å². The monoisotopic (exact) mass is 312 g/mol. The number of H-pyrrole nitrogens is 1. The molecule has 120 valence electrons. The lowest BCUT2D eigenvalue weighted by Gasteiger charge is -2.36. The first kappa shape index (κ1) is 15.3. The molecule has 1 saturated heterocycles. The van der Waals surface area contributed by atoms with Crippen LogP contribution in [0.3, 0.4) is 0 Å². The van der Waals surface area contributed by atoms with Gasteiger partial charge in [0.25, 0.3) is 11.5 Å². The fourth-order valence-corrected chi connectivity index (χ4v) is 2.85. The summed E-state index contributed by atoms with van der Waals surface area (Å²) in [6, 6.07) is 6.31. The van der Waals surface area contributed by atoms with Gasteiger partial charge in [-0.05, 0) is 31.0 Å². The van der Waals surface area contributed by atoms with Crippen LogP contribution in [0.5, 0.6) is 0 Å². The number of aryl methyl sites for hydroxylation is 1. The number of benzene rings is 1. The number of aromatic amines is 1. The number of anilines is 1. The number of aromatic nitrogens is 2. The highest BCUT2D eigenvalue weighted by Gasteiger charge is 2.23. The Kier molecular flexibility index (Phi) is 4.14. The molecule has 2 aromatic rings. The number of hydrogen-bond acceptors (Lipinski definition) is 4. The first-order chi connectivity index (χ1) is 11.1. The van der Waals surface area contributed by atoms with E-state index in [1.54, 1.807) is 4.90 Å². The molecule has 23 heavy (non-hydrogen) atoms. The molecule has 0 bridgehead atoms.